The van der Waals surface area contributed by atoms with Gasteiger partial charge in [-0.2, -0.15) is 0 Å². The van der Waals surface area contributed by atoms with Crippen molar-refractivity contribution in [2.75, 3.05) is 6.61 Å². The minimum atomic E-state index is -0.881. The van der Waals surface area contributed by atoms with Gasteiger partial charge in [0.25, 0.3) is 5.91 Å². The molecule has 6 nitrogen and oxygen atoms in total. The van der Waals surface area contributed by atoms with Crippen molar-refractivity contribution in [3.63, 3.8) is 0 Å². The maximum atomic E-state index is 13.5. The predicted octanol–water partition coefficient (Wildman–Crippen LogP) is 5.40. The number of nitrogens with one attached hydrogen (secondary N) is 1. The molecule has 0 aliphatic heterocycles. The molecule has 4 rings (SSSR count). The molecule has 0 spiro atoms. The Kier molecular flexibility index (Phi) is 8.20. The molecule has 35 heavy (non-hydrogen) atoms. The maximum Gasteiger partial charge on any atom is 0.261 e. The van der Waals surface area contributed by atoms with Crippen LogP contribution in [0.25, 0.3) is 0 Å². The molecule has 0 saturated heterocycles. The molecule has 0 radical (unpaired) electrons. The van der Waals surface area contributed by atoms with Gasteiger partial charge in [0.1, 0.15) is 17.6 Å². The third-order valence-corrected chi connectivity index (χ3v) is 5.64. The lowest BCUT2D eigenvalue weighted by molar-refractivity contribution is -0.143. The fourth-order valence-corrected chi connectivity index (χ4v) is 3.77. The van der Waals surface area contributed by atoms with Crippen LogP contribution in [0.1, 0.15) is 22.9 Å². The second-order valence-corrected chi connectivity index (χ2v) is 8.30. The van der Waals surface area contributed by atoms with Crippen LogP contribution >= 0.6 is 11.6 Å². The molecule has 1 N–H and O–H groups in total. The molecule has 1 heterocycles. The number of halogens is 1. The van der Waals surface area contributed by atoms with E-state index in [-0.39, 0.29) is 31.5 Å². The van der Waals surface area contributed by atoms with Gasteiger partial charge in [0.2, 0.25) is 5.91 Å². The fourth-order valence-electron chi connectivity index (χ4n) is 3.65. The molecule has 1 aromatic heterocycles. The normalized spacial score (nSPS) is 11.5. The van der Waals surface area contributed by atoms with Crippen molar-refractivity contribution < 1.29 is 18.7 Å². The van der Waals surface area contributed by atoms with E-state index >= 15 is 0 Å². The summed E-state index contributed by atoms with van der Waals surface area (Å²) in [6, 6.07) is 28.2. The molecule has 1 atom stereocenters. The smallest absolute Gasteiger partial charge is 0.261 e. The van der Waals surface area contributed by atoms with Crippen LogP contribution in [0.15, 0.2) is 108 Å². The Bertz CT molecular complexity index is 1210. The monoisotopic (exact) mass is 488 g/mol. The highest BCUT2D eigenvalue weighted by Crippen LogP contribution is 2.25. The molecule has 0 saturated carbocycles. The summed E-state index contributed by atoms with van der Waals surface area (Å²) < 4.78 is 11.1. The Morgan fingerprint density at radius 3 is 2.23 bits per heavy atom. The summed E-state index contributed by atoms with van der Waals surface area (Å²) >= 11 is 6.05. The van der Waals surface area contributed by atoms with Gasteiger partial charge >= 0.3 is 0 Å². The molecule has 0 fully saturated rings. The highest BCUT2D eigenvalue weighted by molar-refractivity contribution is 6.30. The maximum absolute atomic E-state index is 13.5. The van der Waals surface area contributed by atoms with Crippen LogP contribution in [0.2, 0.25) is 5.02 Å². The van der Waals surface area contributed by atoms with Gasteiger partial charge in [-0.25, -0.2) is 0 Å². The first-order valence-corrected chi connectivity index (χ1v) is 11.5. The third kappa shape index (κ3) is 6.74. The van der Waals surface area contributed by atoms with E-state index in [4.69, 9.17) is 20.8 Å². The van der Waals surface area contributed by atoms with Gasteiger partial charge in [-0.05, 0) is 47.5 Å². The molecular formula is C28H25ClN2O4. The summed E-state index contributed by atoms with van der Waals surface area (Å²) in [5.74, 6) is 0.541. The zero-order valence-electron chi connectivity index (χ0n) is 19.0. The van der Waals surface area contributed by atoms with Gasteiger partial charge in [-0.1, -0.05) is 72.3 Å². The number of hydrogen-bond acceptors (Lipinski definition) is 4. The van der Waals surface area contributed by atoms with E-state index in [9.17, 15) is 9.59 Å². The summed E-state index contributed by atoms with van der Waals surface area (Å²) in [4.78, 5) is 28.5. The first-order chi connectivity index (χ1) is 17.1. The topological polar surface area (TPSA) is 71.8 Å². The van der Waals surface area contributed by atoms with Gasteiger partial charge in [-0.3, -0.25) is 9.59 Å². The number of hydrogen-bond donors (Lipinski definition) is 1. The van der Waals surface area contributed by atoms with Crippen molar-refractivity contribution in [3.8, 4) is 5.75 Å². The van der Waals surface area contributed by atoms with Crippen LogP contribution in [-0.2, 0) is 22.7 Å². The Morgan fingerprint density at radius 1 is 0.886 bits per heavy atom. The number of nitrogens with zero attached hydrogens (tertiary/aromatic N) is 1. The van der Waals surface area contributed by atoms with E-state index < -0.39 is 6.04 Å². The lowest BCUT2D eigenvalue weighted by Gasteiger charge is -2.31. The second kappa shape index (κ2) is 11.9. The number of furan rings is 1. The summed E-state index contributed by atoms with van der Waals surface area (Å²) in [5.41, 5.74) is 1.52. The molecule has 178 valence electrons. The third-order valence-electron chi connectivity index (χ3n) is 5.38. The number of para-hydroxylation sites is 1. The summed E-state index contributed by atoms with van der Waals surface area (Å²) in [6.45, 7) is 0.187. The van der Waals surface area contributed by atoms with Crippen LogP contribution in [0, 0.1) is 0 Å². The van der Waals surface area contributed by atoms with Crippen molar-refractivity contribution in [3.05, 3.63) is 125 Å². The zero-order chi connectivity index (χ0) is 24.5. The van der Waals surface area contributed by atoms with E-state index in [0.29, 0.717) is 22.1 Å². The average molecular weight is 489 g/mol. The molecule has 0 aliphatic rings. The molecule has 7 heteroatoms. The van der Waals surface area contributed by atoms with Gasteiger partial charge in [-0.15, -0.1) is 0 Å². The zero-order valence-corrected chi connectivity index (χ0v) is 19.7. The highest BCUT2D eigenvalue weighted by Gasteiger charge is 2.32. The van der Waals surface area contributed by atoms with Crippen molar-refractivity contribution in [2.24, 2.45) is 0 Å². The van der Waals surface area contributed by atoms with E-state index in [2.05, 4.69) is 5.32 Å². The summed E-state index contributed by atoms with van der Waals surface area (Å²) in [5, 5.41) is 3.49. The lowest BCUT2D eigenvalue weighted by atomic mass is 10.0. The van der Waals surface area contributed by atoms with E-state index in [1.165, 1.54) is 4.90 Å². The van der Waals surface area contributed by atoms with Gasteiger partial charge in [0.05, 0.1) is 12.8 Å². The first kappa shape index (κ1) is 24.1. The molecule has 2 amide bonds. The van der Waals surface area contributed by atoms with E-state index in [1.807, 2.05) is 60.7 Å². The summed E-state index contributed by atoms with van der Waals surface area (Å²) in [7, 11) is 0. The predicted molar refractivity (Wildman–Crippen MR) is 134 cm³/mol. The van der Waals surface area contributed by atoms with Crippen LogP contribution < -0.4 is 10.1 Å². The summed E-state index contributed by atoms with van der Waals surface area (Å²) in [6.07, 6.45) is 1.55. The molecule has 1 unspecified atom stereocenters. The van der Waals surface area contributed by atoms with Crippen molar-refractivity contribution in [1.29, 1.82) is 0 Å². The van der Waals surface area contributed by atoms with Crippen molar-refractivity contribution in [1.82, 2.24) is 10.2 Å². The standard InChI is InChI=1S/C28H25ClN2O4/c29-23-15-13-21(14-16-23)19-31(26(32)20-35-24-10-5-2-6-11-24)27(22-8-3-1-4-9-22)28(33)30-18-25-12-7-17-34-25/h1-17,27H,18-20H2,(H,30,33). The van der Waals surface area contributed by atoms with Crippen LogP contribution in [-0.4, -0.2) is 23.3 Å². The number of rotatable bonds is 10. The number of amides is 2. The largest absolute Gasteiger partial charge is 0.484 e. The van der Waals surface area contributed by atoms with Gasteiger partial charge in [0, 0.05) is 11.6 Å². The number of carbonyl (C=O) groups is 2. The molecule has 3 aromatic carbocycles. The second-order valence-electron chi connectivity index (χ2n) is 7.86. The van der Waals surface area contributed by atoms with Crippen molar-refractivity contribution in [2.45, 2.75) is 19.1 Å². The highest BCUT2D eigenvalue weighted by atomic mass is 35.5. The minimum absolute atomic E-state index is 0.196. The van der Waals surface area contributed by atoms with Crippen LogP contribution in [0.4, 0.5) is 0 Å². The van der Waals surface area contributed by atoms with Crippen LogP contribution in [0.3, 0.4) is 0 Å². The molecular weight excluding hydrogens is 464 g/mol. The first-order valence-electron chi connectivity index (χ1n) is 11.2. The Balaban J connectivity index is 1.62. The SMILES string of the molecule is O=C(NCc1ccco1)C(c1ccccc1)N(Cc1ccc(Cl)cc1)C(=O)COc1ccccc1. The van der Waals surface area contributed by atoms with Crippen LogP contribution in [0.5, 0.6) is 5.75 Å². The molecule has 0 bridgehead atoms. The average Bonchev–Trinajstić information content (AvgIpc) is 3.42. The van der Waals surface area contributed by atoms with E-state index in [1.54, 1.807) is 42.7 Å². The molecule has 4 aromatic rings. The molecule has 0 aliphatic carbocycles. The van der Waals surface area contributed by atoms with E-state index in [0.717, 1.165) is 5.56 Å². The van der Waals surface area contributed by atoms with Gasteiger partial charge < -0.3 is 19.4 Å². The lowest BCUT2D eigenvalue weighted by Crippen LogP contribution is -2.45. The number of ether oxygens (including phenoxy) is 1. The Morgan fingerprint density at radius 2 is 1.57 bits per heavy atom. The van der Waals surface area contributed by atoms with Gasteiger partial charge in [0.15, 0.2) is 6.61 Å². The Labute approximate surface area is 209 Å². The number of benzene rings is 3. The fraction of sp³-hybridized carbons (Fsp3) is 0.143. The Hall–Kier alpha value is -4.03. The minimum Gasteiger partial charge on any atom is -0.484 e. The van der Waals surface area contributed by atoms with Crippen molar-refractivity contribution >= 4 is 23.4 Å². The quantitative estimate of drug-likeness (QED) is 0.324. The number of carbonyl (C=O) groups excluding carboxylic acids is 2.